The van der Waals surface area contributed by atoms with E-state index in [-0.39, 0.29) is 17.7 Å². The molecule has 1 saturated heterocycles. The van der Waals surface area contributed by atoms with E-state index in [9.17, 15) is 9.59 Å². The summed E-state index contributed by atoms with van der Waals surface area (Å²) < 4.78 is 15.9. The van der Waals surface area contributed by atoms with Crippen molar-refractivity contribution in [2.24, 2.45) is 5.92 Å². The molecule has 0 aliphatic carbocycles. The van der Waals surface area contributed by atoms with Crippen molar-refractivity contribution < 1.29 is 23.8 Å². The van der Waals surface area contributed by atoms with Crippen molar-refractivity contribution in [1.82, 2.24) is 10.2 Å². The first-order valence-electron chi connectivity index (χ1n) is 8.32. The van der Waals surface area contributed by atoms with Gasteiger partial charge in [0.05, 0.1) is 27.2 Å². The van der Waals surface area contributed by atoms with Crippen LogP contribution in [-0.4, -0.2) is 51.1 Å². The second-order valence-corrected chi connectivity index (χ2v) is 6.04. The lowest BCUT2D eigenvalue weighted by Gasteiger charge is -2.31. The number of amides is 2. The number of rotatable bonds is 6. The molecule has 1 heterocycles. The molecule has 2 rings (SSSR count). The number of piperidine rings is 1. The van der Waals surface area contributed by atoms with Crippen molar-refractivity contribution in [2.75, 3.05) is 34.4 Å². The van der Waals surface area contributed by atoms with E-state index >= 15 is 0 Å². The van der Waals surface area contributed by atoms with Gasteiger partial charge in [0.25, 0.3) is 0 Å². The van der Waals surface area contributed by atoms with Crippen LogP contribution in [0.15, 0.2) is 12.1 Å². The maximum absolute atomic E-state index is 12.5. The van der Waals surface area contributed by atoms with Crippen molar-refractivity contribution in [3.8, 4) is 17.2 Å². The van der Waals surface area contributed by atoms with Crippen LogP contribution in [0.3, 0.4) is 0 Å². The molecule has 1 atom stereocenters. The second kappa shape index (κ2) is 8.60. The predicted octanol–water partition coefficient (Wildman–Crippen LogP) is 1.59. The number of ether oxygens (including phenoxy) is 3. The van der Waals surface area contributed by atoms with Gasteiger partial charge in [0.2, 0.25) is 11.8 Å². The van der Waals surface area contributed by atoms with Crippen LogP contribution >= 0.6 is 0 Å². The van der Waals surface area contributed by atoms with Crippen LogP contribution in [-0.2, 0) is 16.1 Å². The van der Waals surface area contributed by atoms with Gasteiger partial charge in [-0.1, -0.05) is 0 Å². The van der Waals surface area contributed by atoms with E-state index in [1.807, 2.05) is 0 Å². The molecule has 1 aromatic carbocycles. The van der Waals surface area contributed by atoms with Gasteiger partial charge in [0.15, 0.2) is 11.5 Å². The van der Waals surface area contributed by atoms with Gasteiger partial charge in [0.1, 0.15) is 5.75 Å². The Kier molecular flexibility index (Phi) is 6.50. The molecular weight excluding hydrogens is 324 g/mol. The largest absolute Gasteiger partial charge is 0.496 e. The molecule has 0 spiro atoms. The Morgan fingerprint density at radius 1 is 1.12 bits per heavy atom. The van der Waals surface area contributed by atoms with Crippen LogP contribution in [0.2, 0.25) is 0 Å². The van der Waals surface area contributed by atoms with Crippen LogP contribution < -0.4 is 19.5 Å². The maximum atomic E-state index is 12.5. The zero-order valence-corrected chi connectivity index (χ0v) is 15.3. The highest BCUT2D eigenvalue weighted by Gasteiger charge is 2.27. The minimum Gasteiger partial charge on any atom is -0.496 e. The Labute approximate surface area is 148 Å². The summed E-state index contributed by atoms with van der Waals surface area (Å²) in [6, 6.07) is 3.53. The van der Waals surface area contributed by atoms with Gasteiger partial charge < -0.3 is 24.4 Å². The van der Waals surface area contributed by atoms with E-state index < -0.39 is 0 Å². The van der Waals surface area contributed by atoms with E-state index in [2.05, 4.69) is 5.32 Å². The minimum absolute atomic E-state index is 0.0130. The van der Waals surface area contributed by atoms with Gasteiger partial charge >= 0.3 is 0 Å². The molecule has 1 aliphatic rings. The molecule has 2 amide bonds. The zero-order chi connectivity index (χ0) is 18.4. The lowest BCUT2D eigenvalue weighted by molar-refractivity contribution is -0.134. The van der Waals surface area contributed by atoms with Crippen LogP contribution in [0.4, 0.5) is 0 Å². The summed E-state index contributed by atoms with van der Waals surface area (Å²) in [4.78, 5) is 25.7. The van der Waals surface area contributed by atoms with Gasteiger partial charge in [-0.15, -0.1) is 0 Å². The number of carbonyl (C=O) groups is 2. The number of benzene rings is 1. The van der Waals surface area contributed by atoms with Crippen molar-refractivity contribution >= 4 is 11.8 Å². The molecule has 0 bridgehead atoms. The van der Waals surface area contributed by atoms with Gasteiger partial charge in [-0.3, -0.25) is 9.59 Å². The maximum Gasteiger partial charge on any atom is 0.225 e. The van der Waals surface area contributed by atoms with Crippen LogP contribution in [0, 0.1) is 5.92 Å². The molecule has 0 radical (unpaired) electrons. The smallest absolute Gasteiger partial charge is 0.225 e. The summed E-state index contributed by atoms with van der Waals surface area (Å²) in [5.74, 6) is 1.55. The lowest BCUT2D eigenvalue weighted by Crippen LogP contribution is -2.44. The summed E-state index contributed by atoms with van der Waals surface area (Å²) in [5.41, 5.74) is 0.799. The van der Waals surface area contributed by atoms with Gasteiger partial charge in [-0.2, -0.15) is 0 Å². The van der Waals surface area contributed by atoms with Crippen LogP contribution in [0.1, 0.15) is 25.3 Å². The molecule has 1 aliphatic heterocycles. The number of nitrogens with zero attached hydrogens (tertiary/aromatic N) is 1. The van der Waals surface area contributed by atoms with Crippen molar-refractivity contribution in [3.63, 3.8) is 0 Å². The van der Waals surface area contributed by atoms with E-state index in [1.54, 1.807) is 38.4 Å². The standard InChI is InChI=1S/C18H26N2O5/c1-12(21)20-7-5-6-13(11-20)18(22)19-10-14-8-16(24-3)17(25-4)9-15(14)23-2/h8-9,13H,5-7,10-11H2,1-4H3,(H,19,22)/t13-/m1/s1. The molecule has 138 valence electrons. The molecule has 1 N–H and O–H groups in total. The summed E-state index contributed by atoms with van der Waals surface area (Å²) in [5, 5.41) is 2.94. The van der Waals surface area contributed by atoms with Gasteiger partial charge in [-0.05, 0) is 18.9 Å². The fourth-order valence-corrected chi connectivity index (χ4v) is 3.03. The fourth-order valence-electron chi connectivity index (χ4n) is 3.03. The van der Waals surface area contributed by atoms with Crippen molar-refractivity contribution in [1.29, 1.82) is 0 Å². The molecule has 1 aromatic rings. The SMILES string of the molecule is COc1cc(OC)c(OC)cc1CNC(=O)[C@@H]1CCCN(C(C)=O)C1. The monoisotopic (exact) mass is 350 g/mol. The molecule has 0 unspecified atom stereocenters. The average molecular weight is 350 g/mol. The summed E-state index contributed by atoms with van der Waals surface area (Å²) in [6.07, 6.45) is 1.63. The third-order valence-electron chi connectivity index (χ3n) is 4.48. The number of carbonyl (C=O) groups excluding carboxylic acids is 2. The molecule has 7 heteroatoms. The molecule has 0 saturated carbocycles. The van der Waals surface area contributed by atoms with Crippen LogP contribution in [0.25, 0.3) is 0 Å². The van der Waals surface area contributed by atoms with E-state index in [0.29, 0.717) is 30.3 Å². The number of hydrogen-bond donors (Lipinski definition) is 1. The normalized spacial score (nSPS) is 17.0. The number of nitrogens with one attached hydrogen (secondary N) is 1. The summed E-state index contributed by atoms with van der Waals surface area (Å²) in [6.45, 7) is 3.06. The number of likely N-dealkylation sites (tertiary alicyclic amines) is 1. The third-order valence-corrected chi connectivity index (χ3v) is 4.48. The topological polar surface area (TPSA) is 77.1 Å². The van der Waals surface area contributed by atoms with E-state index in [4.69, 9.17) is 14.2 Å². The third kappa shape index (κ3) is 4.55. The quantitative estimate of drug-likeness (QED) is 0.843. The Morgan fingerprint density at radius 2 is 1.76 bits per heavy atom. The summed E-state index contributed by atoms with van der Waals surface area (Å²) in [7, 11) is 4.69. The van der Waals surface area contributed by atoms with Crippen molar-refractivity contribution in [2.45, 2.75) is 26.3 Å². The Morgan fingerprint density at radius 3 is 2.36 bits per heavy atom. The lowest BCUT2D eigenvalue weighted by atomic mass is 9.97. The van der Waals surface area contributed by atoms with Gasteiger partial charge in [0, 0.05) is 38.2 Å². The molecule has 25 heavy (non-hydrogen) atoms. The van der Waals surface area contributed by atoms with Crippen LogP contribution in [0.5, 0.6) is 17.2 Å². The molecule has 0 aromatic heterocycles. The average Bonchev–Trinajstić information content (AvgIpc) is 2.65. The fraction of sp³-hybridized carbons (Fsp3) is 0.556. The zero-order valence-electron chi connectivity index (χ0n) is 15.3. The molecule has 7 nitrogen and oxygen atoms in total. The van der Waals surface area contributed by atoms with E-state index in [0.717, 1.165) is 24.9 Å². The van der Waals surface area contributed by atoms with E-state index in [1.165, 1.54) is 6.92 Å². The highest BCUT2D eigenvalue weighted by molar-refractivity contribution is 5.80. The summed E-state index contributed by atoms with van der Waals surface area (Å²) >= 11 is 0. The first-order chi connectivity index (χ1) is 12.0. The van der Waals surface area contributed by atoms with Gasteiger partial charge in [-0.25, -0.2) is 0 Å². The molecular formula is C18H26N2O5. The number of hydrogen-bond acceptors (Lipinski definition) is 5. The second-order valence-electron chi connectivity index (χ2n) is 6.04. The first kappa shape index (κ1) is 18.9. The number of methoxy groups -OCH3 is 3. The Balaban J connectivity index is 2.05. The Bertz CT molecular complexity index is 632. The highest BCUT2D eigenvalue weighted by atomic mass is 16.5. The first-order valence-corrected chi connectivity index (χ1v) is 8.32. The highest BCUT2D eigenvalue weighted by Crippen LogP contribution is 2.34. The van der Waals surface area contributed by atoms with Crippen molar-refractivity contribution in [3.05, 3.63) is 17.7 Å². The minimum atomic E-state index is -0.177. The Hall–Kier alpha value is -2.44. The molecule has 1 fully saturated rings. The predicted molar refractivity (Wildman–Crippen MR) is 92.9 cm³/mol.